The van der Waals surface area contributed by atoms with Gasteiger partial charge in [0.15, 0.2) is 5.82 Å². The van der Waals surface area contributed by atoms with Gasteiger partial charge in [0.1, 0.15) is 0 Å². The molecule has 0 spiro atoms. The molecule has 1 saturated heterocycles. The van der Waals surface area contributed by atoms with Crippen LogP contribution in [-0.2, 0) is 0 Å². The largest absolute Gasteiger partial charge is 0.368 e. The number of piperidine rings is 1. The molecule has 5 heteroatoms. The second kappa shape index (κ2) is 4.90. The summed E-state index contributed by atoms with van der Waals surface area (Å²) in [6.45, 7) is 1.53. The Kier molecular flexibility index (Phi) is 3.72. The predicted molar refractivity (Wildman–Crippen MR) is 68.5 cm³/mol. The highest BCUT2D eigenvalue weighted by Crippen LogP contribution is 2.33. The second-order valence-corrected chi connectivity index (χ2v) is 5.28. The first-order chi connectivity index (χ1) is 7.59. The van der Waals surface area contributed by atoms with Crippen LogP contribution in [0.25, 0.3) is 0 Å². The van der Waals surface area contributed by atoms with Crippen molar-refractivity contribution in [3.05, 3.63) is 27.4 Å². The minimum absolute atomic E-state index is 0.121. The van der Waals surface area contributed by atoms with Crippen LogP contribution in [0.2, 0.25) is 5.02 Å². The van der Waals surface area contributed by atoms with Gasteiger partial charge in [0.05, 0.1) is 10.7 Å². The summed E-state index contributed by atoms with van der Waals surface area (Å²) in [5.41, 5.74) is 6.42. The molecule has 1 aliphatic heterocycles. The van der Waals surface area contributed by atoms with Crippen LogP contribution in [-0.4, -0.2) is 19.1 Å². The zero-order valence-electron chi connectivity index (χ0n) is 8.72. The summed E-state index contributed by atoms with van der Waals surface area (Å²) in [7, 11) is 0. The molecule has 2 rings (SSSR count). The lowest BCUT2D eigenvalue weighted by Crippen LogP contribution is -2.43. The summed E-state index contributed by atoms with van der Waals surface area (Å²) in [4.78, 5) is 1.96. The number of halogens is 3. The van der Waals surface area contributed by atoms with Gasteiger partial charge in [-0.15, -0.1) is 0 Å². The monoisotopic (exact) mass is 306 g/mol. The Balaban J connectivity index is 2.29. The van der Waals surface area contributed by atoms with Crippen LogP contribution in [0.1, 0.15) is 12.8 Å². The normalized spacial score (nSPS) is 21.2. The van der Waals surface area contributed by atoms with Crippen molar-refractivity contribution in [1.29, 1.82) is 0 Å². The Morgan fingerprint density at radius 2 is 2.25 bits per heavy atom. The molecule has 2 N–H and O–H groups in total. The molecule has 1 atom stereocenters. The summed E-state index contributed by atoms with van der Waals surface area (Å²) in [6, 6.07) is 3.63. The zero-order valence-corrected chi connectivity index (χ0v) is 11.1. The average molecular weight is 308 g/mol. The highest BCUT2D eigenvalue weighted by atomic mass is 79.9. The van der Waals surface area contributed by atoms with E-state index in [2.05, 4.69) is 15.9 Å². The van der Waals surface area contributed by atoms with Crippen molar-refractivity contribution in [3.8, 4) is 0 Å². The smallest absolute Gasteiger partial charge is 0.166 e. The molecule has 1 heterocycles. The third-order valence-corrected chi connectivity index (χ3v) is 4.07. The van der Waals surface area contributed by atoms with Crippen molar-refractivity contribution in [2.45, 2.75) is 18.9 Å². The van der Waals surface area contributed by atoms with Crippen LogP contribution in [0, 0.1) is 5.82 Å². The molecule has 2 nitrogen and oxygen atoms in total. The quantitative estimate of drug-likeness (QED) is 0.808. The highest BCUT2D eigenvalue weighted by molar-refractivity contribution is 9.10. The molecule has 1 aromatic rings. The average Bonchev–Trinajstić information content (AvgIpc) is 2.26. The van der Waals surface area contributed by atoms with Gasteiger partial charge in [0.25, 0.3) is 0 Å². The molecule has 1 aromatic carbocycles. The Hall–Kier alpha value is -0.320. The van der Waals surface area contributed by atoms with Crippen LogP contribution >= 0.6 is 27.5 Å². The fourth-order valence-corrected chi connectivity index (χ4v) is 2.45. The lowest BCUT2D eigenvalue weighted by Gasteiger charge is -2.33. The lowest BCUT2D eigenvalue weighted by molar-refractivity contribution is 0.498. The minimum atomic E-state index is -0.370. The first-order valence-electron chi connectivity index (χ1n) is 5.23. The van der Waals surface area contributed by atoms with Crippen molar-refractivity contribution in [1.82, 2.24) is 0 Å². The van der Waals surface area contributed by atoms with E-state index >= 15 is 0 Å². The summed E-state index contributed by atoms with van der Waals surface area (Å²) >= 11 is 9.06. The Morgan fingerprint density at radius 1 is 1.50 bits per heavy atom. The van der Waals surface area contributed by atoms with Gasteiger partial charge in [-0.05, 0) is 40.9 Å². The van der Waals surface area contributed by atoms with E-state index in [9.17, 15) is 4.39 Å². The molecule has 0 bridgehead atoms. The molecule has 0 amide bonds. The Morgan fingerprint density at radius 3 is 2.94 bits per heavy atom. The van der Waals surface area contributed by atoms with Gasteiger partial charge < -0.3 is 10.6 Å². The molecule has 0 aromatic heterocycles. The zero-order chi connectivity index (χ0) is 11.7. The molecule has 1 aliphatic rings. The summed E-state index contributed by atoms with van der Waals surface area (Å²) < 4.78 is 14.5. The van der Waals surface area contributed by atoms with Gasteiger partial charge in [0.2, 0.25) is 0 Å². The van der Waals surface area contributed by atoms with Crippen LogP contribution < -0.4 is 10.6 Å². The van der Waals surface area contributed by atoms with Crippen molar-refractivity contribution in [3.63, 3.8) is 0 Å². The van der Waals surface area contributed by atoms with Crippen LogP contribution in [0.5, 0.6) is 0 Å². The van der Waals surface area contributed by atoms with E-state index < -0.39 is 0 Å². The van der Waals surface area contributed by atoms with Crippen LogP contribution in [0.3, 0.4) is 0 Å². The molecule has 0 saturated carbocycles. The number of rotatable bonds is 1. The van der Waals surface area contributed by atoms with E-state index in [1.54, 1.807) is 12.1 Å². The molecular weight excluding hydrogens is 294 g/mol. The van der Waals surface area contributed by atoms with Crippen LogP contribution in [0.4, 0.5) is 10.1 Å². The van der Waals surface area contributed by atoms with Crippen molar-refractivity contribution < 1.29 is 4.39 Å². The maximum atomic E-state index is 13.9. The molecule has 1 fully saturated rings. The number of benzene rings is 1. The highest BCUT2D eigenvalue weighted by Gasteiger charge is 2.21. The SMILES string of the molecule is NC1CCCN(c2ccc(Br)c(Cl)c2F)C1. The molecular formula is C11H13BrClFN2. The Bertz CT molecular complexity index is 400. The number of nitrogens with zero attached hydrogens (tertiary/aromatic N) is 1. The minimum Gasteiger partial charge on any atom is -0.368 e. The van der Waals surface area contributed by atoms with Gasteiger partial charge >= 0.3 is 0 Å². The number of anilines is 1. The van der Waals surface area contributed by atoms with Crippen molar-refractivity contribution >= 4 is 33.2 Å². The van der Waals surface area contributed by atoms with E-state index in [4.69, 9.17) is 17.3 Å². The molecule has 16 heavy (non-hydrogen) atoms. The number of nitrogens with two attached hydrogens (primary N) is 1. The van der Waals surface area contributed by atoms with Crippen LogP contribution in [0.15, 0.2) is 16.6 Å². The molecule has 0 radical (unpaired) electrons. The third-order valence-electron chi connectivity index (χ3n) is 2.81. The van der Waals surface area contributed by atoms with Gasteiger partial charge in [-0.2, -0.15) is 0 Å². The van der Waals surface area contributed by atoms with E-state index in [0.29, 0.717) is 16.7 Å². The van der Waals surface area contributed by atoms with Gasteiger partial charge in [-0.1, -0.05) is 11.6 Å². The number of hydrogen-bond acceptors (Lipinski definition) is 2. The standard InChI is InChI=1S/C11H13BrClFN2/c12-8-3-4-9(11(14)10(8)13)16-5-1-2-7(15)6-16/h3-4,7H,1-2,5-6,15H2. The van der Waals surface area contributed by atoms with Crippen molar-refractivity contribution in [2.75, 3.05) is 18.0 Å². The second-order valence-electron chi connectivity index (χ2n) is 4.04. The van der Waals surface area contributed by atoms with E-state index in [0.717, 1.165) is 19.4 Å². The Labute approximate surface area is 108 Å². The topological polar surface area (TPSA) is 29.3 Å². The maximum absolute atomic E-state index is 13.9. The summed E-state index contributed by atoms with van der Waals surface area (Å²) in [6.07, 6.45) is 2.00. The van der Waals surface area contributed by atoms with E-state index in [1.807, 2.05) is 4.90 Å². The number of hydrogen-bond donors (Lipinski definition) is 1. The van der Waals surface area contributed by atoms with E-state index in [-0.39, 0.29) is 16.9 Å². The molecule has 0 aliphatic carbocycles. The van der Waals surface area contributed by atoms with Gasteiger partial charge in [-0.25, -0.2) is 4.39 Å². The van der Waals surface area contributed by atoms with Crippen molar-refractivity contribution in [2.24, 2.45) is 5.73 Å². The maximum Gasteiger partial charge on any atom is 0.166 e. The van der Waals surface area contributed by atoms with E-state index in [1.165, 1.54) is 0 Å². The molecule has 88 valence electrons. The first-order valence-corrected chi connectivity index (χ1v) is 6.40. The third kappa shape index (κ3) is 2.34. The fourth-order valence-electron chi connectivity index (χ4n) is 1.99. The summed E-state index contributed by atoms with van der Waals surface area (Å²) in [5.74, 6) is -0.370. The van der Waals surface area contributed by atoms with Gasteiger partial charge in [-0.3, -0.25) is 0 Å². The lowest BCUT2D eigenvalue weighted by atomic mass is 10.1. The first kappa shape index (κ1) is 12.1. The van der Waals surface area contributed by atoms with Gasteiger partial charge in [0, 0.05) is 23.6 Å². The summed E-state index contributed by atoms with van der Waals surface area (Å²) in [5, 5.41) is 0.136. The fraction of sp³-hybridized carbons (Fsp3) is 0.455. The predicted octanol–water partition coefficient (Wildman–Crippen LogP) is 3.17. The molecule has 1 unspecified atom stereocenters.